The number of hydrogen-bond acceptors (Lipinski definition) is 4. The molecule has 0 fully saturated rings. The zero-order valence-corrected chi connectivity index (χ0v) is 19.3. The van der Waals surface area contributed by atoms with Crippen LogP contribution < -0.4 is 15.4 Å². The normalized spacial score (nSPS) is 13.1. The van der Waals surface area contributed by atoms with Gasteiger partial charge in [0.1, 0.15) is 10.8 Å². The van der Waals surface area contributed by atoms with E-state index in [-0.39, 0.29) is 18.2 Å². The predicted octanol–water partition coefficient (Wildman–Crippen LogP) is 5.77. The van der Waals surface area contributed by atoms with Gasteiger partial charge in [0.05, 0.1) is 19.1 Å². The van der Waals surface area contributed by atoms with E-state index in [1.54, 1.807) is 18.4 Å². The van der Waals surface area contributed by atoms with E-state index in [0.717, 1.165) is 53.8 Å². The number of carbonyl (C=O) groups is 2. The number of carbonyl (C=O) groups excluding carboxylic acids is 2. The summed E-state index contributed by atoms with van der Waals surface area (Å²) < 4.78 is 5.18. The third kappa shape index (κ3) is 5.02. The first-order chi connectivity index (χ1) is 15.5. The Hall–Kier alpha value is -3.12. The Labute approximate surface area is 192 Å². The summed E-state index contributed by atoms with van der Waals surface area (Å²) in [6.07, 6.45) is 5.42. The van der Waals surface area contributed by atoms with Gasteiger partial charge in [0.25, 0.3) is 5.91 Å². The van der Waals surface area contributed by atoms with E-state index in [4.69, 9.17) is 4.74 Å². The van der Waals surface area contributed by atoms with Crippen LogP contribution in [0.2, 0.25) is 0 Å². The zero-order valence-electron chi connectivity index (χ0n) is 18.5. The number of anilines is 2. The van der Waals surface area contributed by atoms with Gasteiger partial charge in [-0.2, -0.15) is 0 Å². The summed E-state index contributed by atoms with van der Waals surface area (Å²) in [7, 11) is 1.62. The van der Waals surface area contributed by atoms with Gasteiger partial charge >= 0.3 is 0 Å². The molecule has 0 unspecified atom stereocenters. The molecule has 166 valence electrons. The molecule has 1 aromatic heterocycles. The van der Waals surface area contributed by atoms with Crippen molar-refractivity contribution in [1.82, 2.24) is 0 Å². The molecular weight excluding hydrogens is 420 g/mol. The maximum absolute atomic E-state index is 13.4. The molecule has 0 aliphatic heterocycles. The lowest BCUT2D eigenvalue weighted by Crippen LogP contribution is -2.19. The van der Waals surface area contributed by atoms with E-state index >= 15 is 0 Å². The Morgan fingerprint density at radius 1 is 0.969 bits per heavy atom. The van der Waals surface area contributed by atoms with E-state index in [1.165, 1.54) is 11.3 Å². The molecule has 2 amide bonds. The third-order valence-electron chi connectivity index (χ3n) is 5.82. The lowest BCUT2D eigenvalue weighted by atomic mass is 10.0. The number of benzene rings is 2. The monoisotopic (exact) mass is 448 g/mol. The van der Waals surface area contributed by atoms with Crippen molar-refractivity contribution < 1.29 is 14.3 Å². The molecule has 0 atom stereocenters. The molecule has 0 spiro atoms. The summed E-state index contributed by atoms with van der Waals surface area (Å²) in [5, 5.41) is 6.75. The smallest absolute Gasteiger partial charge is 0.258 e. The number of rotatable bonds is 6. The number of thiophene rings is 1. The average molecular weight is 449 g/mol. The van der Waals surface area contributed by atoms with Crippen LogP contribution in [0, 0.1) is 6.92 Å². The summed E-state index contributed by atoms with van der Waals surface area (Å²) in [5.74, 6) is 0.473. The van der Waals surface area contributed by atoms with Crippen LogP contribution in [0.25, 0.3) is 0 Å². The summed E-state index contributed by atoms with van der Waals surface area (Å²) in [6.45, 7) is 1.97. The van der Waals surface area contributed by atoms with Crippen molar-refractivity contribution in [1.29, 1.82) is 0 Å². The van der Waals surface area contributed by atoms with E-state index < -0.39 is 0 Å². The molecule has 0 bridgehead atoms. The molecule has 0 saturated heterocycles. The predicted molar refractivity (Wildman–Crippen MR) is 130 cm³/mol. The molecule has 3 aromatic rings. The molecular formula is C26H28N2O3S. The highest BCUT2D eigenvalue weighted by atomic mass is 32.1. The minimum absolute atomic E-state index is 0.128. The van der Waals surface area contributed by atoms with E-state index in [2.05, 4.69) is 10.6 Å². The highest BCUT2D eigenvalue weighted by molar-refractivity contribution is 7.17. The van der Waals surface area contributed by atoms with Crippen LogP contribution in [0.1, 0.15) is 51.2 Å². The first kappa shape index (κ1) is 22.1. The summed E-state index contributed by atoms with van der Waals surface area (Å²) in [4.78, 5) is 27.4. The van der Waals surface area contributed by atoms with E-state index in [0.29, 0.717) is 10.6 Å². The molecule has 1 aliphatic rings. The highest BCUT2D eigenvalue weighted by Gasteiger charge is 2.26. The zero-order chi connectivity index (χ0) is 22.5. The Bertz CT molecular complexity index is 1120. The van der Waals surface area contributed by atoms with Crippen LogP contribution >= 0.6 is 11.3 Å². The number of methoxy groups -OCH3 is 1. The molecule has 1 heterocycles. The van der Waals surface area contributed by atoms with Gasteiger partial charge in [-0.05, 0) is 67.5 Å². The van der Waals surface area contributed by atoms with Gasteiger partial charge in [0.15, 0.2) is 0 Å². The molecule has 1 aliphatic carbocycles. The number of amides is 2. The molecule has 0 saturated carbocycles. The number of nitrogens with one attached hydrogen (secondary N) is 2. The minimum atomic E-state index is -0.154. The van der Waals surface area contributed by atoms with Gasteiger partial charge in [-0.25, -0.2) is 0 Å². The lowest BCUT2D eigenvalue weighted by Gasteiger charge is -2.12. The average Bonchev–Trinajstić information content (AvgIpc) is 2.96. The van der Waals surface area contributed by atoms with Gasteiger partial charge in [-0.15, -0.1) is 11.3 Å². The second-order valence-electron chi connectivity index (χ2n) is 8.11. The summed E-state index contributed by atoms with van der Waals surface area (Å²) in [6, 6.07) is 15.2. The molecule has 4 rings (SSSR count). The van der Waals surface area contributed by atoms with Crippen LogP contribution in [-0.4, -0.2) is 18.9 Å². The van der Waals surface area contributed by atoms with Gasteiger partial charge < -0.3 is 15.4 Å². The molecule has 2 aromatic carbocycles. The fraction of sp³-hybridized carbons (Fsp3) is 0.308. The Balaban J connectivity index is 1.58. The maximum Gasteiger partial charge on any atom is 0.258 e. The van der Waals surface area contributed by atoms with Crippen molar-refractivity contribution in [3.8, 4) is 5.75 Å². The number of aryl methyl sites for hydroxylation is 2. The van der Waals surface area contributed by atoms with Crippen LogP contribution in [0.15, 0.2) is 48.5 Å². The van der Waals surface area contributed by atoms with E-state index in [9.17, 15) is 9.59 Å². The first-order valence-corrected chi connectivity index (χ1v) is 11.8. The number of hydrogen-bond donors (Lipinski definition) is 2. The second-order valence-corrected chi connectivity index (χ2v) is 9.22. The van der Waals surface area contributed by atoms with Crippen molar-refractivity contribution in [2.45, 2.75) is 45.4 Å². The molecule has 0 radical (unpaired) electrons. The standard InChI is InChI=1S/C26H28N2O3S/c1-17-8-6-7-10-21(17)27-25(30)24-20-9-4-3-5-11-22(20)32-26(24)28-23(29)16-18-12-14-19(31-2)15-13-18/h6-8,10,12-15H,3-5,9,11,16H2,1-2H3,(H,27,30)(H,28,29). The van der Waals surface area contributed by atoms with Crippen molar-refractivity contribution in [2.75, 3.05) is 17.7 Å². The van der Waals surface area contributed by atoms with Gasteiger partial charge in [0, 0.05) is 10.6 Å². The minimum Gasteiger partial charge on any atom is -0.497 e. The first-order valence-electron chi connectivity index (χ1n) is 11.0. The molecule has 2 N–H and O–H groups in total. The van der Waals surface area contributed by atoms with Crippen LogP contribution in [0.5, 0.6) is 5.75 Å². The number of para-hydroxylation sites is 1. The van der Waals surface area contributed by atoms with Crippen LogP contribution in [-0.2, 0) is 24.1 Å². The topological polar surface area (TPSA) is 67.4 Å². The summed E-state index contributed by atoms with van der Waals surface area (Å²) in [5.41, 5.74) is 4.41. The van der Waals surface area contributed by atoms with Gasteiger partial charge in [-0.3, -0.25) is 9.59 Å². The Morgan fingerprint density at radius 2 is 1.72 bits per heavy atom. The third-order valence-corrected chi connectivity index (χ3v) is 7.03. The van der Waals surface area contributed by atoms with Crippen molar-refractivity contribution >= 4 is 33.8 Å². The molecule has 32 heavy (non-hydrogen) atoms. The van der Waals surface area contributed by atoms with Crippen LogP contribution in [0.4, 0.5) is 10.7 Å². The Kier molecular flexibility index (Phi) is 6.90. The maximum atomic E-state index is 13.4. The van der Waals surface area contributed by atoms with Gasteiger partial charge in [-0.1, -0.05) is 36.8 Å². The largest absolute Gasteiger partial charge is 0.497 e. The number of fused-ring (bicyclic) bond motifs is 1. The second kappa shape index (κ2) is 10.0. The van der Waals surface area contributed by atoms with Crippen molar-refractivity contribution in [3.05, 3.63) is 75.7 Å². The van der Waals surface area contributed by atoms with Crippen LogP contribution in [0.3, 0.4) is 0 Å². The van der Waals surface area contributed by atoms with Gasteiger partial charge in [0.2, 0.25) is 5.91 Å². The van der Waals surface area contributed by atoms with E-state index in [1.807, 2.05) is 55.5 Å². The van der Waals surface area contributed by atoms with Crippen molar-refractivity contribution in [3.63, 3.8) is 0 Å². The lowest BCUT2D eigenvalue weighted by molar-refractivity contribution is -0.115. The fourth-order valence-corrected chi connectivity index (χ4v) is 5.37. The molecule has 5 nitrogen and oxygen atoms in total. The highest BCUT2D eigenvalue weighted by Crippen LogP contribution is 2.38. The quantitative estimate of drug-likeness (QED) is 0.471. The Morgan fingerprint density at radius 3 is 2.47 bits per heavy atom. The molecule has 6 heteroatoms. The fourth-order valence-electron chi connectivity index (χ4n) is 4.07. The number of ether oxygens (including phenoxy) is 1. The van der Waals surface area contributed by atoms with Crippen molar-refractivity contribution in [2.24, 2.45) is 0 Å². The summed E-state index contributed by atoms with van der Waals surface area (Å²) >= 11 is 1.55. The SMILES string of the molecule is COc1ccc(CC(=O)Nc2sc3c(c2C(=O)Nc2ccccc2C)CCCCC3)cc1.